The van der Waals surface area contributed by atoms with E-state index in [-0.39, 0.29) is 23.0 Å². The van der Waals surface area contributed by atoms with Gasteiger partial charge in [0.1, 0.15) is 17.3 Å². The first-order chi connectivity index (χ1) is 18.5. The second-order valence-electron chi connectivity index (χ2n) is 9.80. The number of nitrogens with zero attached hydrogens (tertiary/aromatic N) is 1. The van der Waals surface area contributed by atoms with Gasteiger partial charge in [0.05, 0.1) is 16.8 Å². The Morgan fingerprint density at radius 3 is 2.45 bits per heavy atom. The Morgan fingerprint density at radius 1 is 0.895 bits per heavy atom. The molecule has 38 heavy (non-hydrogen) atoms. The Balaban J connectivity index is 1.55. The van der Waals surface area contributed by atoms with Gasteiger partial charge in [0, 0.05) is 17.5 Å². The van der Waals surface area contributed by atoms with E-state index in [1.807, 2.05) is 71.1 Å². The number of benzene rings is 3. The number of hydrogen-bond acceptors (Lipinski definition) is 5. The predicted octanol–water partition coefficient (Wildman–Crippen LogP) is 5.87. The average Bonchev–Trinajstić information content (AvgIpc) is 3.65. The van der Waals surface area contributed by atoms with E-state index >= 15 is 0 Å². The summed E-state index contributed by atoms with van der Waals surface area (Å²) in [5.41, 5.74) is 2.00. The summed E-state index contributed by atoms with van der Waals surface area (Å²) in [5, 5.41) is 4.85. The number of halogens is 1. The molecule has 3 aliphatic rings. The third-order valence-electron chi connectivity index (χ3n) is 8.01. The highest BCUT2D eigenvalue weighted by molar-refractivity contribution is 7.12. The largest absolute Gasteiger partial charge is 0.358 e. The molecule has 1 fully saturated rings. The van der Waals surface area contributed by atoms with Gasteiger partial charge < -0.3 is 10.2 Å². The van der Waals surface area contributed by atoms with Crippen LogP contribution in [-0.2, 0) is 10.2 Å². The van der Waals surface area contributed by atoms with Crippen molar-refractivity contribution in [1.82, 2.24) is 4.90 Å². The lowest BCUT2D eigenvalue weighted by atomic mass is 9.63. The Labute approximate surface area is 222 Å². The summed E-state index contributed by atoms with van der Waals surface area (Å²) >= 11 is 1.31. The number of carbonyl (C=O) groups excluding carboxylic acids is 3. The minimum Gasteiger partial charge on any atom is -0.358 e. The van der Waals surface area contributed by atoms with Crippen LogP contribution in [0.5, 0.6) is 0 Å². The van der Waals surface area contributed by atoms with E-state index in [2.05, 4.69) is 5.32 Å². The first kappa shape index (κ1) is 22.8. The van der Waals surface area contributed by atoms with Crippen LogP contribution in [0.4, 0.5) is 10.1 Å². The van der Waals surface area contributed by atoms with Crippen molar-refractivity contribution >= 4 is 40.6 Å². The van der Waals surface area contributed by atoms with E-state index in [0.29, 0.717) is 16.1 Å². The zero-order chi connectivity index (χ0) is 26.0. The summed E-state index contributed by atoms with van der Waals surface area (Å²) in [7, 11) is 0. The summed E-state index contributed by atoms with van der Waals surface area (Å²) in [4.78, 5) is 45.4. The molecule has 3 aliphatic heterocycles. The summed E-state index contributed by atoms with van der Waals surface area (Å²) in [6.45, 7) is 0. The first-order valence-corrected chi connectivity index (χ1v) is 13.2. The minimum atomic E-state index is -1.39. The van der Waals surface area contributed by atoms with Gasteiger partial charge in [0.25, 0.3) is 0 Å². The molecule has 5 nitrogen and oxygen atoms in total. The van der Waals surface area contributed by atoms with E-state index in [0.717, 1.165) is 11.1 Å². The molecule has 7 rings (SSSR count). The van der Waals surface area contributed by atoms with Crippen molar-refractivity contribution in [2.75, 3.05) is 5.32 Å². The van der Waals surface area contributed by atoms with Crippen molar-refractivity contribution < 1.29 is 18.8 Å². The smallest absolute Gasteiger partial charge is 0.238 e. The van der Waals surface area contributed by atoms with Crippen LogP contribution in [0.15, 0.2) is 96.5 Å². The van der Waals surface area contributed by atoms with E-state index < -0.39 is 29.2 Å². The van der Waals surface area contributed by atoms with E-state index in [4.69, 9.17) is 0 Å². The number of amides is 1. The molecule has 7 heteroatoms. The number of Topliss-reactive ketones (excluding diaryl/α,β-unsaturated/α-hetero) is 2. The molecule has 1 amide bonds. The zero-order valence-electron chi connectivity index (χ0n) is 20.0. The molecule has 1 saturated heterocycles. The number of carbonyl (C=O) groups is 3. The third-order valence-corrected chi connectivity index (χ3v) is 8.90. The van der Waals surface area contributed by atoms with Gasteiger partial charge in [0.15, 0.2) is 11.6 Å². The molecule has 186 valence electrons. The highest BCUT2D eigenvalue weighted by Crippen LogP contribution is 2.62. The van der Waals surface area contributed by atoms with Gasteiger partial charge in [-0.2, -0.15) is 0 Å². The summed E-state index contributed by atoms with van der Waals surface area (Å²) in [6.07, 6.45) is 3.77. The molecule has 0 aliphatic carbocycles. The first-order valence-electron chi connectivity index (χ1n) is 12.3. The lowest BCUT2D eigenvalue weighted by Gasteiger charge is -2.38. The highest BCUT2D eigenvalue weighted by atomic mass is 32.1. The van der Waals surface area contributed by atoms with Crippen LogP contribution < -0.4 is 5.32 Å². The van der Waals surface area contributed by atoms with Crippen LogP contribution in [0, 0.1) is 11.7 Å². The van der Waals surface area contributed by atoms with Crippen molar-refractivity contribution in [1.29, 1.82) is 0 Å². The SMILES string of the molecule is O=C(c1cccs1)[C@@H]1[C@H](C(=O)c2ccc(F)cc2)[C@@]2(C(=O)Nc3ccccc32)[C@@H]2c3ccccc3C=CN12. The van der Waals surface area contributed by atoms with Crippen molar-refractivity contribution in [3.05, 3.63) is 129 Å². The van der Waals surface area contributed by atoms with Crippen LogP contribution in [0.1, 0.15) is 42.8 Å². The maximum atomic E-state index is 14.5. The molecule has 1 N–H and O–H groups in total. The van der Waals surface area contributed by atoms with Crippen molar-refractivity contribution in [2.24, 2.45) is 5.92 Å². The van der Waals surface area contributed by atoms with Gasteiger partial charge in [0.2, 0.25) is 5.91 Å². The fraction of sp³-hybridized carbons (Fsp3) is 0.129. The third kappa shape index (κ3) is 2.99. The molecule has 0 saturated carbocycles. The van der Waals surface area contributed by atoms with Crippen LogP contribution in [0.3, 0.4) is 0 Å². The number of rotatable bonds is 4. The number of nitrogens with one attached hydrogen (secondary N) is 1. The Kier molecular flexibility index (Phi) is 5.00. The number of fused-ring (bicyclic) bond motifs is 6. The number of ketones is 2. The fourth-order valence-corrected chi connectivity index (χ4v) is 7.22. The molecule has 4 atom stereocenters. The molecule has 4 heterocycles. The Morgan fingerprint density at radius 2 is 1.66 bits per heavy atom. The second-order valence-corrected chi connectivity index (χ2v) is 10.7. The Hall–Kier alpha value is -4.36. The quantitative estimate of drug-likeness (QED) is 0.342. The summed E-state index contributed by atoms with van der Waals surface area (Å²) < 4.78 is 13.8. The molecule has 0 unspecified atom stereocenters. The number of hydrogen-bond donors (Lipinski definition) is 1. The molecule has 0 bridgehead atoms. The van der Waals surface area contributed by atoms with E-state index in [9.17, 15) is 18.8 Å². The van der Waals surface area contributed by atoms with Gasteiger partial charge in [-0.25, -0.2) is 4.39 Å². The second kappa shape index (κ2) is 8.33. The molecule has 3 aromatic carbocycles. The van der Waals surface area contributed by atoms with Gasteiger partial charge >= 0.3 is 0 Å². The molecule has 4 aromatic rings. The maximum Gasteiger partial charge on any atom is 0.238 e. The standard InChI is InChI=1S/C31H21FN2O3S/c32-20-13-11-19(12-14-20)27(35)25-26(28(36)24-10-5-17-38-24)34-16-15-18-6-1-2-7-21(18)29(34)31(25)22-8-3-4-9-23(22)33-30(31)37/h1-17,25-26,29H,(H,33,37)/t25-,26+,29+,31-/m1/s1. The molecular weight excluding hydrogens is 499 g/mol. The van der Waals surface area contributed by atoms with Gasteiger partial charge in [-0.05, 0) is 64.5 Å². The van der Waals surface area contributed by atoms with Gasteiger partial charge in [-0.1, -0.05) is 48.5 Å². The average molecular weight is 521 g/mol. The Bertz CT molecular complexity index is 1650. The summed E-state index contributed by atoms with van der Waals surface area (Å²) in [6, 6.07) is 22.5. The molecule has 1 aromatic heterocycles. The zero-order valence-corrected chi connectivity index (χ0v) is 20.8. The fourth-order valence-electron chi connectivity index (χ4n) is 6.53. The number of para-hydroxylation sites is 1. The van der Waals surface area contributed by atoms with E-state index in [1.54, 1.807) is 12.1 Å². The van der Waals surface area contributed by atoms with Gasteiger partial charge in [-0.3, -0.25) is 14.4 Å². The van der Waals surface area contributed by atoms with Crippen molar-refractivity contribution in [3.63, 3.8) is 0 Å². The molecule has 1 spiro atoms. The van der Waals surface area contributed by atoms with Crippen molar-refractivity contribution in [3.8, 4) is 0 Å². The highest BCUT2D eigenvalue weighted by Gasteiger charge is 2.70. The van der Waals surface area contributed by atoms with Crippen molar-refractivity contribution in [2.45, 2.75) is 17.5 Å². The lowest BCUT2D eigenvalue weighted by molar-refractivity contribution is -0.122. The summed E-state index contributed by atoms with van der Waals surface area (Å²) in [5.74, 6) is -2.43. The molecular formula is C31H21FN2O3S. The number of thiophene rings is 1. The normalized spacial score (nSPS) is 24.6. The number of anilines is 1. The topological polar surface area (TPSA) is 66.5 Å². The van der Waals surface area contributed by atoms with Crippen LogP contribution in [-0.4, -0.2) is 28.4 Å². The van der Waals surface area contributed by atoms with Crippen LogP contribution in [0.25, 0.3) is 6.08 Å². The van der Waals surface area contributed by atoms with Gasteiger partial charge in [-0.15, -0.1) is 11.3 Å². The lowest BCUT2D eigenvalue weighted by Crippen LogP contribution is -2.49. The van der Waals surface area contributed by atoms with E-state index in [1.165, 1.54) is 35.6 Å². The predicted molar refractivity (Wildman–Crippen MR) is 143 cm³/mol. The molecule has 0 radical (unpaired) electrons. The monoisotopic (exact) mass is 520 g/mol. The maximum absolute atomic E-state index is 14.5. The van der Waals surface area contributed by atoms with Crippen LogP contribution >= 0.6 is 11.3 Å². The van der Waals surface area contributed by atoms with Crippen LogP contribution in [0.2, 0.25) is 0 Å². The minimum absolute atomic E-state index is 0.219.